The third-order valence-corrected chi connectivity index (χ3v) is 3.43. The number of likely N-dealkylation sites (N-methyl/N-ethyl adjacent to an activating group) is 1. The highest BCUT2D eigenvalue weighted by Gasteiger charge is 2.27. The van der Waals surface area contributed by atoms with Crippen LogP contribution in [0.5, 0.6) is 0 Å². The lowest BCUT2D eigenvalue weighted by Gasteiger charge is -2.31. The van der Waals surface area contributed by atoms with Crippen LogP contribution >= 0.6 is 0 Å². The molecule has 18 heavy (non-hydrogen) atoms. The van der Waals surface area contributed by atoms with E-state index in [1.165, 1.54) is 15.9 Å². The zero-order valence-electron chi connectivity index (χ0n) is 10.4. The molecule has 3 nitrogen and oxygen atoms in total. The summed E-state index contributed by atoms with van der Waals surface area (Å²) in [5.74, 6) is -2.11. The van der Waals surface area contributed by atoms with Gasteiger partial charge in [0.05, 0.1) is 32.7 Å². The van der Waals surface area contributed by atoms with Crippen molar-refractivity contribution in [3.8, 4) is 0 Å². The maximum Gasteiger partial charge on any atom is 0.260 e. The number of nitrogens with one attached hydrogen (secondary N) is 1. The van der Waals surface area contributed by atoms with Gasteiger partial charge in [0, 0.05) is 0 Å². The van der Waals surface area contributed by atoms with Gasteiger partial charge in [-0.05, 0) is 19.1 Å². The first-order chi connectivity index (χ1) is 8.63. The van der Waals surface area contributed by atoms with Gasteiger partial charge in [-0.25, -0.2) is 8.78 Å². The monoisotopic (exact) mass is 255 g/mol. The van der Waals surface area contributed by atoms with Crippen LogP contribution in [0.3, 0.4) is 0 Å². The fourth-order valence-corrected chi connectivity index (χ4v) is 2.24. The molecular formula is C13H17F2N2O+. The molecule has 1 aromatic carbocycles. The number of benzene rings is 1. The van der Waals surface area contributed by atoms with Crippen molar-refractivity contribution in [2.24, 2.45) is 0 Å². The van der Waals surface area contributed by atoms with Gasteiger partial charge in [-0.15, -0.1) is 0 Å². The van der Waals surface area contributed by atoms with Gasteiger partial charge in [0.2, 0.25) is 0 Å². The molecule has 0 spiro atoms. The average Bonchev–Trinajstić information content (AvgIpc) is 2.38. The Balaban J connectivity index is 2.13. The molecule has 1 aliphatic heterocycles. The first-order valence-corrected chi connectivity index (χ1v) is 6.20. The fourth-order valence-electron chi connectivity index (χ4n) is 2.24. The summed E-state index contributed by atoms with van der Waals surface area (Å²) in [6.45, 7) is 5.86. The summed E-state index contributed by atoms with van der Waals surface area (Å²) in [5.41, 5.74) is -0.433. The standard InChI is InChI=1S/C13H16F2N2O/c1-2-16-6-8-17(9-7-16)13(18)12-10(14)4-3-5-11(12)15/h3-5H,2,6-9H2,1H3/p+1. The molecule has 0 saturated carbocycles. The number of hydrogen-bond donors (Lipinski definition) is 1. The van der Waals surface area contributed by atoms with Crippen molar-refractivity contribution in [2.75, 3.05) is 32.7 Å². The van der Waals surface area contributed by atoms with Crippen LogP contribution in [0.2, 0.25) is 0 Å². The molecule has 0 radical (unpaired) electrons. The fraction of sp³-hybridized carbons (Fsp3) is 0.462. The molecule has 0 aliphatic carbocycles. The van der Waals surface area contributed by atoms with Crippen LogP contribution < -0.4 is 4.90 Å². The molecule has 0 atom stereocenters. The van der Waals surface area contributed by atoms with Crippen LogP contribution in [-0.4, -0.2) is 43.5 Å². The lowest BCUT2D eigenvalue weighted by atomic mass is 10.1. The first kappa shape index (κ1) is 13.0. The van der Waals surface area contributed by atoms with E-state index in [4.69, 9.17) is 0 Å². The van der Waals surface area contributed by atoms with Crippen molar-refractivity contribution in [1.29, 1.82) is 0 Å². The van der Waals surface area contributed by atoms with E-state index in [-0.39, 0.29) is 0 Å². The number of carbonyl (C=O) groups excluding carboxylic acids is 1. The molecule has 1 heterocycles. The molecule has 2 rings (SSSR count). The summed E-state index contributed by atoms with van der Waals surface area (Å²) < 4.78 is 27.0. The third-order valence-electron chi connectivity index (χ3n) is 3.43. The lowest BCUT2D eigenvalue weighted by molar-refractivity contribution is -0.902. The molecule has 1 N–H and O–H groups in total. The molecule has 1 aliphatic rings. The molecule has 1 amide bonds. The van der Waals surface area contributed by atoms with Crippen LogP contribution in [0.15, 0.2) is 18.2 Å². The van der Waals surface area contributed by atoms with Gasteiger partial charge in [0.1, 0.15) is 17.2 Å². The van der Waals surface area contributed by atoms with E-state index < -0.39 is 23.1 Å². The van der Waals surface area contributed by atoms with Crippen LogP contribution in [0.1, 0.15) is 17.3 Å². The van der Waals surface area contributed by atoms with Crippen molar-refractivity contribution in [2.45, 2.75) is 6.92 Å². The minimum absolute atomic E-state index is 0.433. The van der Waals surface area contributed by atoms with Gasteiger partial charge in [-0.3, -0.25) is 4.79 Å². The highest BCUT2D eigenvalue weighted by atomic mass is 19.1. The van der Waals surface area contributed by atoms with Crippen LogP contribution in [0.4, 0.5) is 8.78 Å². The molecule has 5 heteroatoms. The molecule has 0 aromatic heterocycles. The van der Waals surface area contributed by atoms with Crippen LogP contribution in [0.25, 0.3) is 0 Å². The number of nitrogens with zero attached hydrogens (tertiary/aromatic N) is 1. The van der Waals surface area contributed by atoms with E-state index in [9.17, 15) is 13.6 Å². The minimum atomic E-state index is -0.787. The second-order valence-corrected chi connectivity index (χ2v) is 4.49. The van der Waals surface area contributed by atoms with Crippen molar-refractivity contribution in [3.05, 3.63) is 35.4 Å². The van der Waals surface area contributed by atoms with E-state index in [1.54, 1.807) is 0 Å². The van der Waals surface area contributed by atoms with E-state index in [0.29, 0.717) is 13.1 Å². The highest BCUT2D eigenvalue weighted by molar-refractivity contribution is 5.94. The Bertz CT molecular complexity index is 422. The number of hydrogen-bond acceptors (Lipinski definition) is 1. The van der Waals surface area contributed by atoms with E-state index in [0.717, 1.165) is 31.8 Å². The Morgan fingerprint density at radius 3 is 2.33 bits per heavy atom. The van der Waals surface area contributed by atoms with Gasteiger partial charge >= 0.3 is 0 Å². The van der Waals surface area contributed by atoms with E-state index >= 15 is 0 Å². The summed E-state index contributed by atoms with van der Waals surface area (Å²) in [4.78, 5) is 15.0. The normalized spacial score (nSPS) is 16.9. The predicted molar refractivity (Wildman–Crippen MR) is 63.5 cm³/mol. The third kappa shape index (κ3) is 2.51. The zero-order valence-corrected chi connectivity index (χ0v) is 10.4. The SMILES string of the molecule is CC[NH+]1CCN(C(=O)c2c(F)cccc2F)CC1. The molecule has 1 fully saturated rings. The van der Waals surface area contributed by atoms with Gasteiger partial charge in [-0.2, -0.15) is 0 Å². The van der Waals surface area contributed by atoms with Gasteiger partial charge in [-0.1, -0.05) is 6.07 Å². The number of halogens is 2. The number of amides is 1. The summed E-state index contributed by atoms with van der Waals surface area (Å²) in [7, 11) is 0. The number of quaternary nitrogens is 1. The smallest absolute Gasteiger partial charge is 0.260 e. The summed E-state index contributed by atoms with van der Waals surface area (Å²) in [6, 6.07) is 3.49. The predicted octanol–water partition coefficient (Wildman–Crippen LogP) is 0.325. The number of rotatable bonds is 2. The Labute approximate surface area is 105 Å². The molecule has 0 unspecified atom stereocenters. The largest absolute Gasteiger partial charge is 0.332 e. The van der Waals surface area contributed by atoms with E-state index in [2.05, 4.69) is 6.92 Å². The summed E-state index contributed by atoms with van der Waals surface area (Å²) in [5, 5.41) is 0. The number of piperazine rings is 1. The Kier molecular flexibility index (Phi) is 3.91. The average molecular weight is 255 g/mol. The topological polar surface area (TPSA) is 24.8 Å². The quantitative estimate of drug-likeness (QED) is 0.809. The second-order valence-electron chi connectivity index (χ2n) is 4.49. The lowest BCUT2D eigenvalue weighted by Crippen LogP contribution is -3.14. The summed E-state index contributed by atoms with van der Waals surface area (Å²) >= 11 is 0. The molecule has 1 saturated heterocycles. The van der Waals surface area contributed by atoms with Gasteiger partial charge < -0.3 is 9.80 Å². The van der Waals surface area contributed by atoms with Crippen LogP contribution in [0, 0.1) is 11.6 Å². The van der Waals surface area contributed by atoms with Crippen molar-refractivity contribution in [1.82, 2.24) is 4.90 Å². The highest BCUT2D eigenvalue weighted by Crippen LogP contribution is 2.14. The Morgan fingerprint density at radius 2 is 1.83 bits per heavy atom. The van der Waals surface area contributed by atoms with Crippen molar-refractivity contribution in [3.63, 3.8) is 0 Å². The minimum Gasteiger partial charge on any atom is -0.332 e. The second kappa shape index (κ2) is 5.44. The van der Waals surface area contributed by atoms with Crippen molar-refractivity contribution < 1.29 is 18.5 Å². The maximum absolute atomic E-state index is 13.5. The molecule has 1 aromatic rings. The summed E-state index contributed by atoms with van der Waals surface area (Å²) in [6.07, 6.45) is 0. The van der Waals surface area contributed by atoms with Gasteiger partial charge in [0.15, 0.2) is 0 Å². The van der Waals surface area contributed by atoms with Crippen molar-refractivity contribution >= 4 is 5.91 Å². The Hall–Kier alpha value is -1.49. The first-order valence-electron chi connectivity index (χ1n) is 6.20. The number of carbonyl (C=O) groups is 1. The molecule has 98 valence electrons. The zero-order chi connectivity index (χ0) is 13.1. The Morgan fingerprint density at radius 1 is 1.28 bits per heavy atom. The van der Waals surface area contributed by atoms with E-state index in [1.807, 2.05) is 0 Å². The molecular weight excluding hydrogens is 238 g/mol. The van der Waals surface area contributed by atoms with Gasteiger partial charge in [0.25, 0.3) is 5.91 Å². The molecule has 0 bridgehead atoms. The maximum atomic E-state index is 13.5. The van der Waals surface area contributed by atoms with Crippen LogP contribution in [-0.2, 0) is 0 Å².